The van der Waals surface area contributed by atoms with E-state index in [2.05, 4.69) is 59.2 Å². The maximum absolute atomic E-state index is 12.9. The molecule has 2 aromatic carbocycles. The summed E-state index contributed by atoms with van der Waals surface area (Å²) in [7, 11) is 0. The number of amides is 4. The minimum atomic E-state index is -0.549. The number of hydrogen-bond donors (Lipinski definition) is 10. The Kier molecular flexibility index (Phi) is 30.7. The highest BCUT2D eigenvalue weighted by atomic mass is 35.5. The zero-order valence-electron chi connectivity index (χ0n) is 51.1. The number of carbonyl (C=O) groups is 4. The minimum absolute atomic E-state index is 0.101. The largest absolute Gasteiger partial charge is 0.411 e. The van der Waals surface area contributed by atoms with E-state index < -0.39 is 34.1 Å². The summed E-state index contributed by atoms with van der Waals surface area (Å²) in [6.07, 6.45) is 7.08. The van der Waals surface area contributed by atoms with E-state index in [4.69, 9.17) is 36.8 Å². The van der Waals surface area contributed by atoms with Gasteiger partial charge in [-0.2, -0.15) is 0 Å². The van der Waals surface area contributed by atoms with Gasteiger partial charge in [0, 0.05) is 51.0 Å². The van der Waals surface area contributed by atoms with Crippen molar-refractivity contribution in [1.82, 2.24) is 41.5 Å². The van der Waals surface area contributed by atoms with Crippen LogP contribution in [0.15, 0.2) is 64.0 Å². The molecule has 0 atom stereocenters. The Morgan fingerprint density at radius 3 is 1.83 bits per heavy atom. The van der Waals surface area contributed by atoms with Crippen molar-refractivity contribution >= 4 is 52.5 Å². The predicted molar refractivity (Wildman–Crippen MR) is 325 cm³/mol. The highest BCUT2D eigenvalue weighted by Gasteiger charge is 2.26. The number of nitrogens with zero attached hydrogens (tertiary/aromatic N) is 5. The molecular weight excluding hydrogens is 1080 g/mol. The monoisotopic (exact) mass is 1180 g/mol. The van der Waals surface area contributed by atoms with Crippen LogP contribution < -0.4 is 31.9 Å². The van der Waals surface area contributed by atoms with Crippen LogP contribution in [0, 0.1) is 16.9 Å². The average molecular weight is 1180 g/mol. The number of hydrogen-bond acceptors (Lipinski definition) is 16. The van der Waals surface area contributed by atoms with E-state index in [1.165, 1.54) is 0 Å². The summed E-state index contributed by atoms with van der Waals surface area (Å²) >= 11 is 6.66. The molecule has 3 aromatic rings. The number of rotatable bonds is 41. The summed E-state index contributed by atoms with van der Waals surface area (Å²) in [4.78, 5) is 55.5. The number of halogens is 1. The molecular formula is C60H96ClN13O9. The molecule has 462 valence electrons. The van der Waals surface area contributed by atoms with Crippen molar-refractivity contribution in [1.29, 1.82) is 10.9 Å². The summed E-state index contributed by atoms with van der Waals surface area (Å²) in [6.45, 7) is 24.4. The zero-order chi connectivity index (χ0) is 61.6. The van der Waals surface area contributed by atoms with Crippen LogP contribution in [-0.4, -0.2) is 142 Å². The maximum atomic E-state index is 12.9. The quantitative estimate of drug-likeness (QED) is 0.00637. The molecule has 0 bridgehead atoms. The van der Waals surface area contributed by atoms with E-state index in [-0.39, 0.29) is 69.3 Å². The van der Waals surface area contributed by atoms with Gasteiger partial charge in [0.25, 0.3) is 0 Å². The fourth-order valence-corrected chi connectivity index (χ4v) is 9.00. The molecule has 0 saturated heterocycles. The van der Waals surface area contributed by atoms with E-state index in [0.717, 1.165) is 54.6 Å². The number of ether oxygens (including phenoxy) is 3. The topological polar surface area (TPSA) is 311 Å². The molecule has 10 N–H and O–H groups in total. The van der Waals surface area contributed by atoms with Gasteiger partial charge < -0.3 is 61.1 Å². The van der Waals surface area contributed by atoms with Gasteiger partial charge in [0.1, 0.15) is 19.0 Å². The lowest BCUT2D eigenvalue weighted by Crippen LogP contribution is -2.47. The van der Waals surface area contributed by atoms with Gasteiger partial charge in [0.2, 0.25) is 23.6 Å². The normalized spacial score (nSPS) is 12.6. The first-order valence-corrected chi connectivity index (χ1v) is 29.3. The van der Waals surface area contributed by atoms with Gasteiger partial charge in [0.15, 0.2) is 11.0 Å². The van der Waals surface area contributed by atoms with Gasteiger partial charge in [-0.1, -0.05) is 83.8 Å². The van der Waals surface area contributed by atoms with Crippen LogP contribution in [-0.2, 0) is 52.9 Å². The van der Waals surface area contributed by atoms with Crippen molar-refractivity contribution in [3.05, 3.63) is 76.3 Å². The van der Waals surface area contributed by atoms with Gasteiger partial charge >= 0.3 is 0 Å². The van der Waals surface area contributed by atoms with E-state index in [0.29, 0.717) is 92.8 Å². The Balaban J connectivity index is 1.30. The molecule has 0 aliphatic carbocycles. The summed E-state index contributed by atoms with van der Waals surface area (Å²) in [5.41, 5.74) is 10.4. The average Bonchev–Trinajstić information content (AvgIpc) is 3.75. The Morgan fingerprint density at radius 1 is 0.699 bits per heavy atom. The van der Waals surface area contributed by atoms with Crippen molar-refractivity contribution in [3.63, 3.8) is 0 Å². The number of imidazole rings is 1. The van der Waals surface area contributed by atoms with E-state index >= 15 is 0 Å². The van der Waals surface area contributed by atoms with Crippen LogP contribution in [0.1, 0.15) is 163 Å². The van der Waals surface area contributed by atoms with Crippen molar-refractivity contribution < 1.29 is 43.8 Å². The zero-order valence-corrected chi connectivity index (χ0v) is 51.9. The number of amidine groups is 1. The molecule has 22 nitrogen and oxygen atoms in total. The molecule has 0 saturated carbocycles. The van der Waals surface area contributed by atoms with E-state index in [1.54, 1.807) is 19.9 Å². The van der Waals surface area contributed by atoms with Crippen LogP contribution in [0.25, 0.3) is 11.1 Å². The smallest absolute Gasteiger partial charge is 0.246 e. The van der Waals surface area contributed by atoms with Gasteiger partial charge in [-0.15, -0.1) is 5.11 Å². The molecule has 0 fully saturated rings. The highest BCUT2D eigenvalue weighted by Crippen LogP contribution is 2.27. The standard InChI is InChI=1S/C60H96ClN13O9/c1-12-13-19-50-70-55(61)49(74(50)39-45-22-24-46(25-23-45)47-17-14-15-18-48(47)56(62)71-63)38-67-54(78)41-81-40-53(77)66-35-37-83-58(6,7)30-36-82-57(4,5)29-34-65-52(76)21-16-20-51(75)64-31-26-44(27-32-68-59(8,9)42(2)72-79)28-33-69-60(10,11)43(3)73-80/h14-15,17-18,22-25,44,62-63,68-69,79-80H,12-13,16,19-21,26-41H2,1-11H3,(H,64,75)(H,65,76)(H,66,77)(H,67,78)/b62-56?,71-63?,72-42-,73-43-. The Hall–Kier alpha value is -6.17. The number of nitrogens with one attached hydrogen (secondary N) is 8. The number of aryl methyl sites for hydroxylation is 1. The molecule has 1 aromatic heterocycles. The summed E-state index contributed by atoms with van der Waals surface area (Å²) in [5.74, 6) is -0.0729. The number of oxime groups is 2. The van der Waals surface area contributed by atoms with Crippen molar-refractivity contribution in [2.75, 3.05) is 59.2 Å². The summed E-state index contributed by atoms with van der Waals surface area (Å²) < 4.78 is 19.7. The molecule has 4 amide bonds. The SMILES string of the molecule is CCCCc1nc(Cl)c(CNC(=O)COCC(=O)NCCOC(C)(C)CCOC(C)(C)CCNC(=O)CCCC(=O)NCCC(CCNC(C)(C)/C(C)=N\O)CCNC(C)(C)/C(C)=N\O)n1Cc1ccc(-c2ccccc2C(=N)N=N)cc1. The molecule has 3 rings (SSSR count). The second-order valence-electron chi connectivity index (χ2n) is 23.3. The second-order valence-corrected chi connectivity index (χ2v) is 23.6. The van der Waals surface area contributed by atoms with E-state index in [9.17, 15) is 29.6 Å². The van der Waals surface area contributed by atoms with Crippen molar-refractivity contribution in [2.45, 2.75) is 182 Å². The Bertz CT molecular complexity index is 2560. The molecule has 0 aliphatic heterocycles. The van der Waals surface area contributed by atoms with Crippen LogP contribution in [0.5, 0.6) is 0 Å². The van der Waals surface area contributed by atoms with Gasteiger partial charge in [-0.05, 0) is 150 Å². The lowest BCUT2D eigenvalue weighted by atomic mass is 9.94. The predicted octanol–water partition coefficient (Wildman–Crippen LogP) is 8.70. The molecule has 1 heterocycles. The summed E-state index contributed by atoms with van der Waals surface area (Å²) in [5, 5.41) is 55.4. The van der Waals surface area contributed by atoms with Gasteiger partial charge in [-0.3, -0.25) is 24.6 Å². The molecule has 0 aliphatic rings. The van der Waals surface area contributed by atoms with Crippen molar-refractivity contribution in [3.8, 4) is 11.1 Å². The molecule has 0 spiro atoms. The molecule has 23 heteroatoms. The lowest BCUT2D eigenvalue weighted by molar-refractivity contribution is -0.131. The van der Waals surface area contributed by atoms with Gasteiger partial charge in [-0.25, -0.2) is 10.5 Å². The number of benzene rings is 2. The number of aromatic nitrogens is 2. The minimum Gasteiger partial charge on any atom is -0.411 e. The van der Waals surface area contributed by atoms with Crippen LogP contribution in [0.4, 0.5) is 0 Å². The Morgan fingerprint density at radius 2 is 1.24 bits per heavy atom. The first-order valence-electron chi connectivity index (χ1n) is 29.0. The van der Waals surface area contributed by atoms with E-state index in [1.807, 2.05) is 102 Å². The maximum Gasteiger partial charge on any atom is 0.246 e. The molecule has 0 unspecified atom stereocenters. The third-order valence-corrected chi connectivity index (χ3v) is 15.2. The van der Waals surface area contributed by atoms with Crippen LogP contribution in [0.2, 0.25) is 5.15 Å². The lowest BCUT2D eigenvalue weighted by Gasteiger charge is -2.30. The Labute approximate surface area is 496 Å². The second kappa shape index (κ2) is 35.9. The number of unbranched alkanes of at least 4 members (excludes halogenated alkanes) is 1. The third-order valence-electron chi connectivity index (χ3n) is 14.9. The summed E-state index contributed by atoms with van der Waals surface area (Å²) in [6, 6.07) is 15.3. The van der Waals surface area contributed by atoms with Crippen LogP contribution >= 0.6 is 11.6 Å². The number of carbonyl (C=O) groups excluding carboxylic acids is 4. The van der Waals surface area contributed by atoms with Crippen LogP contribution in [0.3, 0.4) is 0 Å². The fraction of sp³-hybridized carbons (Fsp3) is 0.633. The first-order chi connectivity index (χ1) is 39.3. The highest BCUT2D eigenvalue weighted by molar-refractivity contribution is 6.30. The first kappa shape index (κ1) is 71.1. The fourth-order valence-electron chi connectivity index (χ4n) is 8.74. The molecule has 83 heavy (non-hydrogen) atoms. The molecule has 0 radical (unpaired) electrons. The van der Waals surface area contributed by atoms with Gasteiger partial charge in [0.05, 0.1) is 59.2 Å². The third kappa shape index (κ3) is 26.5. The van der Waals surface area contributed by atoms with Crippen molar-refractivity contribution in [2.24, 2.45) is 21.3 Å².